The topological polar surface area (TPSA) is 52.0 Å². The average molecular weight is 234 g/mol. The fraction of sp³-hybridized carbons (Fsp3) is 0.250. The van der Waals surface area contributed by atoms with Crippen LogP contribution in [0.25, 0.3) is 0 Å². The number of aryl methyl sites for hydroxylation is 1. The Morgan fingerprint density at radius 2 is 2.19 bits per heavy atom. The Labute approximate surface area is 99.1 Å². The monoisotopic (exact) mass is 234 g/mol. The molecule has 0 amide bonds. The first-order chi connectivity index (χ1) is 7.88. The van der Waals surface area contributed by atoms with Crippen molar-refractivity contribution in [3.05, 3.63) is 42.3 Å². The van der Waals surface area contributed by atoms with Gasteiger partial charge in [0.1, 0.15) is 10.8 Å². The van der Waals surface area contributed by atoms with Crippen LogP contribution >= 0.6 is 11.8 Å². The van der Waals surface area contributed by atoms with Gasteiger partial charge in [0.15, 0.2) is 5.09 Å². The Hall–Kier alpha value is -1.26. The highest BCUT2D eigenvalue weighted by atomic mass is 32.2. The Balaban J connectivity index is 1.97. The van der Waals surface area contributed by atoms with Crippen LogP contribution in [-0.4, -0.2) is 11.5 Å². The Bertz CT molecular complexity index is 428. The van der Waals surface area contributed by atoms with Crippen molar-refractivity contribution in [3.63, 3.8) is 0 Å². The first kappa shape index (κ1) is 11.2. The SMILES string of the molecule is NCCCc1ccc(Sc2ccccn2)o1. The molecule has 2 N–H and O–H groups in total. The molecule has 2 aromatic rings. The Kier molecular flexibility index (Phi) is 4.02. The minimum Gasteiger partial charge on any atom is -0.454 e. The lowest BCUT2D eigenvalue weighted by molar-refractivity contribution is 0.428. The van der Waals surface area contributed by atoms with Gasteiger partial charge in [0.25, 0.3) is 0 Å². The highest BCUT2D eigenvalue weighted by Gasteiger charge is 2.04. The number of furan rings is 1. The first-order valence-electron chi connectivity index (χ1n) is 5.26. The van der Waals surface area contributed by atoms with E-state index in [0.29, 0.717) is 6.54 Å². The first-order valence-corrected chi connectivity index (χ1v) is 6.08. The molecule has 3 nitrogen and oxygen atoms in total. The molecule has 0 fully saturated rings. The summed E-state index contributed by atoms with van der Waals surface area (Å²) in [6, 6.07) is 9.81. The summed E-state index contributed by atoms with van der Waals surface area (Å²) in [5, 5.41) is 1.83. The van der Waals surface area contributed by atoms with Crippen molar-refractivity contribution in [3.8, 4) is 0 Å². The van der Waals surface area contributed by atoms with Crippen molar-refractivity contribution in [2.45, 2.75) is 23.0 Å². The lowest BCUT2D eigenvalue weighted by Crippen LogP contribution is -1.99. The second-order valence-corrected chi connectivity index (χ2v) is 4.41. The van der Waals surface area contributed by atoms with Gasteiger partial charge in [0, 0.05) is 12.6 Å². The maximum atomic E-state index is 5.66. The van der Waals surface area contributed by atoms with E-state index in [1.54, 1.807) is 6.20 Å². The Morgan fingerprint density at radius 1 is 1.25 bits per heavy atom. The van der Waals surface area contributed by atoms with E-state index in [1.165, 1.54) is 11.8 Å². The van der Waals surface area contributed by atoms with Crippen LogP contribution in [0.5, 0.6) is 0 Å². The molecule has 0 aliphatic rings. The van der Waals surface area contributed by atoms with Crippen molar-refractivity contribution >= 4 is 11.8 Å². The Morgan fingerprint density at radius 3 is 2.94 bits per heavy atom. The van der Waals surface area contributed by atoms with Gasteiger partial charge in [0.2, 0.25) is 0 Å². The molecule has 0 unspecified atom stereocenters. The minimum atomic E-state index is 0.698. The number of nitrogens with zero attached hydrogens (tertiary/aromatic N) is 1. The highest BCUT2D eigenvalue weighted by molar-refractivity contribution is 7.99. The van der Waals surface area contributed by atoms with Gasteiger partial charge in [-0.2, -0.15) is 0 Å². The summed E-state index contributed by atoms with van der Waals surface area (Å²) in [4.78, 5) is 4.23. The predicted octanol–water partition coefficient (Wildman–Crippen LogP) is 2.72. The molecule has 2 aromatic heterocycles. The van der Waals surface area contributed by atoms with Crippen LogP contribution in [0.4, 0.5) is 0 Å². The van der Waals surface area contributed by atoms with E-state index in [9.17, 15) is 0 Å². The van der Waals surface area contributed by atoms with E-state index >= 15 is 0 Å². The summed E-state index contributed by atoms with van der Waals surface area (Å²) < 4.78 is 5.66. The van der Waals surface area contributed by atoms with Crippen LogP contribution in [0, 0.1) is 0 Å². The minimum absolute atomic E-state index is 0.698. The van der Waals surface area contributed by atoms with Crippen LogP contribution in [0.2, 0.25) is 0 Å². The molecule has 0 atom stereocenters. The number of nitrogens with two attached hydrogens (primary N) is 1. The third-order valence-electron chi connectivity index (χ3n) is 2.11. The van der Waals surface area contributed by atoms with Gasteiger partial charge < -0.3 is 10.2 Å². The number of rotatable bonds is 5. The molecular weight excluding hydrogens is 220 g/mol. The van der Waals surface area contributed by atoms with Crippen molar-refractivity contribution in [2.24, 2.45) is 5.73 Å². The van der Waals surface area contributed by atoms with Gasteiger partial charge in [-0.05, 0) is 49.0 Å². The van der Waals surface area contributed by atoms with Gasteiger partial charge >= 0.3 is 0 Å². The largest absolute Gasteiger partial charge is 0.454 e. The fourth-order valence-corrected chi connectivity index (χ4v) is 2.09. The van der Waals surface area contributed by atoms with E-state index in [2.05, 4.69) is 4.98 Å². The molecule has 16 heavy (non-hydrogen) atoms. The summed E-state index contributed by atoms with van der Waals surface area (Å²) in [6.07, 6.45) is 3.64. The zero-order chi connectivity index (χ0) is 11.2. The molecule has 4 heteroatoms. The number of hydrogen-bond donors (Lipinski definition) is 1. The zero-order valence-electron chi connectivity index (χ0n) is 8.93. The molecule has 0 spiro atoms. The molecular formula is C12H14N2OS. The summed E-state index contributed by atoms with van der Waals surface area (Å²) in [7, 11) is 0. The van der Waals surface area contributed by atoms with Crippen LogP contribution in [0.1, 0.15) is 12.2 Å². The third-order valence-corrected chi connectivity index (χ3v) is 2.98. The second-order valence-electron chi connectivity index (χ2n) is 3.38. The van der Waals surface area contributed by atoms with Gasteiger partial charge in [-0.3, -0.25) is 0 Å². The number of hydrogen-bond acceptors (Lipinski definition) is 4. The maximum absolute atomic E-state index is 5.66. The highest BCUT2D eigenvalue weighted by Crippen LogP contribution is 2.27. The zero-order valence-corrected chi connectivity index (χ0v) is 9.74. The third kappa shape index (κ3) is 3.12. The van der Waals surface area contributed by atoms with Gasteiger partial charge in [-0.1, -0.05) is 6.07 Å². The summed E-state index contributed by atoms with van der Waals surface area (Å²) in [5.41, 5.74) is 5.45. The van der Waals surface area contributed by atoms with Crippen LogP contribution in [0.15, 0.2) is 51.1 Å². The molecule has 84 valence electrons. The molecule has 0 bridgehead atoms. The van der Waals surface area contributed by atoms with Gasteiger partial charge in [-0.15, -0.1) is 0 Å². The van der Waals surface area contributed by atoms with E-state index in [0.717, 1.165) is 28.7 Å². The van der Waals surface area contributed by atoms with Crippen molar-refractivity contribution in [1.29, 1.82) is 0 Å². The summed E-state index contributed by atoms with van der Waals surface area (Å²) in [6.45, 7) is 0.698. The van der Waals surface area contributed by atoms with Crippen molar-refractivity contribution in [2.75, 3.05) is 6.54 Å². The molecule has 0 aliphatic carbocycles. The standard InChI is InChI=1S/C12H14N2OS/c13-8-3-4-10-6-7-12(15-10)16-11-5-1-2-9-14-11/h1-2,5-7,9H,3-4,8,13H2. The summed E-state index contributed by atoms with van der Waals surface area (Å²) in [5.74, 6) is 0.990. The average Bonchev–Trinajstić information content (AvgIpc) is 2.75. The predicted molar refractivity (Wildman–Crippen MR) is 64.4 cm³/mol. The quantitative estimate of drug-likeness (QED) is 0.864. The molecule has 2 heterocycles. The van der Waals surface area contributed by atoms with E-state index in [4.69, 9.17) is 10.2 Å². The van der Waals surface area contributed by atoms with E-state index in [1.807, 2.05) is 30.3 Å². The maximum Gasteiger partial charge on any atom is 0.166 e. The van der Waals surface area contributed by atoms with Crippen molar-refractivity contribution < 1.29 is 4.42 Å². The molecule has 0 aliphatic heterocycles. The van der Waals surface area contributed by atoms with Crippen LogP contribution in [0.3, 0.4) is 0 Å². The number of pyridine rings is 1. The molecule has 2 rings (SSSR count). The lowest BCUT2D eigenvalue weighted by Gasteiger charge is -1.96. The van der Waals surface area contributed by atoms with E-state index < -0.39 is 0 Å². The van der Waals surface area contributed by atoms with Crippen LogP contribution in [-0.2, 0) is 6.42 Å². The molecule has 0 aromatic carbocycles. The normalized spacial score (nSPS) is 10.6. The summed E-state index contributed by atoms with van der Waals surface area (Å²) >= 11 is 1.53. The second kappa shape index (κ2) is 5.72. The molecule has 0 radical (unpaired) electrons. The molecule has 0 saturated heterocycles. The number of aromatic nitrogens is 1. The van der Waals surface area contributed by atoms with Crippen molar-refractivity contribution in [1.82, 2.24) is 4.98 Å². The van der Waals surface area contributed by atoms with Gasteiger partial charge in [-0.25, -0.2) is 4.98 Å². The smallest absolute Gasteiger partial charge is 0.166 e. The lowest BCUT2D eigenvalue weighted by atomic mass is 10.2. The molecule has 0 saturated carbocycles. The fourth-order valence-electron chi connectivity index (χ4n) is 1.33. The van der Waals surface area contributed by atoms with E-state index in [-0.39, 0.29) is 0 Å². The van der Waals surface area contributed by atoms with Crippen LogP contribution < -0.4 is 5.73 Å². The van der Waals surface area contributed by atoms with Gasteiger partial charge in [0.05, 0.1) is 0 Å².